The van der Waals surface area contributed by atoms with Crippen LogP contribution in [0.5, 0.6) is 0 Å². The molecule has 14 heteroatoms. The molecule has 83 heavy (non-hydrogen) atoms. The number of unbranched alkanes of at least 4 members (excludes halogenated alkanes) is 17. The fourth-order valence-electron chi connectivity index (χ4n) is 10.4. The van der Waals surface area contributed by atoms with Crippen LogP contribution in [0.2, 0.25) is 5.28 Å². The summed E-state index contributed by atoms with van der Waals surface area (Å²) in [6.45, 7) is 31.6. The first kappa shape index (κ1) is 77.4. The molecule has 1 aliphatic carbocycles. The maximum Gasteiger partial charge on any atom is 0.226 e. The van der Waals surface area contributed by atoms with E-state index in [9.17, 15) is 13.2 Å². The van der Waals surface area contributed by atoms with Gasteiger partial charge in [-0.2, -0.15) is 15.1 Å². The van der Waals surface area contributed by atoms with Crippen LogP contribution in [0.1, 0.15) is 271 Å². The van der Waals surface area contributed by atoms with E-state index in [2.05, 4.69) is 121 Å². The third kappa shape index (κ3) is 32.6. The zero-order valence-electron chi connectivity index (χ0n) is 54.5. The molecule has 470 valence electrons. The number of hydrogen-bond donors (Lipinski definition) is 0. The Hall–Kier alpha value is -3.65. The van der Waals surface area contributed by atoms with Crippen LogP contribution in [0.4, 0.5) is 19.0 Å². The number of aryl methyl sites for hydroxylation is 2. The van der Waals surface area contributed by atoms with Crippen molar-refractivity contribution in [3.63, 3.8) is 0 Å². The molecule has 2 aromatic carbocycles. The van der Waals surface area contributed by atoms with Crippen LogP contribution < -0.4 is 4.90 Å². The molecule has 1 aliphatic rings. The molecule has 0 saturated heterocycles. The van der Waals surface area contributed by atoms with Crippen LogP contribution in [0, 0.1) is 23.4 Å². The summed E-state index contributed by atoms with van der Waals surface area (Å²) in [6.07, 6.45) is 44.6. The number of nitrogens with zero attached hydrogens (tertiary/aromatic N) is 8. The van der Waals surface area contributed by atoms with Crippen molar-refractivity contribution in [3.05, 3.63) is 107 Å². The number of hydrogen-bond acceptors (Lipinski definition) is 6. The Morgan fingerprint density at radius 3 is 1.90 bits per heavy atom. The predicted molar refractivity (Wildman–Crippen MR) is 363 cm³/mol. The molecule has 5 aromatic rings. The van der Waals surface area contributed by atoms with Crippen molar-refractivity contribution < 1.29 is 13.2 Å². The smallest absolute Gasteiger partial charge is 0.226 e. The number of anilines is 1. The number of fused-ring (bicyclic) bond motifs is 1. The second-order valence-electron chi connectivity index (χ2n) is 22.3. The normalized spacial score (nSPS) is 13.7. The van der Waals surface area contributed by atoms with Crippen LogP contribution >= 0.6 is 27.7 Å². The van der Waals surface area contributed by atoms with Gasteiger partial charge in [-0.05, 0) is 112 Å². The molecule has 0 aliphatic heterocycles. The van der Waals surface area contributed by atoms with Crippen LogP contribution in [-0.2, 0) is 25.9 Å². The van der Waals surface area contributed by atoms with Crippen molar-refractivity contribution in [1.29, 1.82) is 0 Å². The van der Waals surface area contributed by atoms with E-state index in [4.69, 9.17) is 21.7 Å². The van der Waals surface area contributed by atoms with Crippen LogP contribution in [0.15, 0.2) is 61.4 Å². The summed E-state index contributed by atoms with van der Waals surface area (Å²) in [7, 11) is 1.07. The maximum absolute atomic E-state index is 13.1. The van der Waals surface area contributed by atoms with Gasteiger partial charge in [0.15, 0.2) is 5.65 Å². The second kappa shape index (κ2) is 49.5. The van der Waals surface area contributed by atoms with Gasteiger partial charge in [0.2, 0.25) is 5.28 Å². The lowest BCUT2D eigenvalue weighted by Crippen LogP contribution is -2.25. The third-order valence-corrected chi connectivity index (χ3v) is 18.6. The lowest BCUT2D eigenvalue weighted by Gasteiger charge is -2.26. The lowest BCUT2D eigenvalue weighted by molar-refractivity contribution is 0.445. The highest BCUT2D eigenvalue weighted by molar-refractivity contribution is 7.65. The van der Waals surface area contributed by atoms with Crippen molar-refractivity contribution in [2.45, 2.75) is 275 Å². The summed E-state index contributed by atoms with van der Waals surface area (Å²) in [5, 5.41) is 14.8. The summed E-state index contributed by atoms with van der Waals surface area (Å²) >= 11 is 6.53. The molecule has 8 nitrogen and oxygen atoms in total. The van der Waals surface area contributed by atoms with Gasteiger partial charge in [-0.3, -0.25) is 4.68 Å². The van der Waals surface area contributed by atoms with E-state index < -0.39 is 17.5 Å². The van der Waals surface area contributed by atoms with Gasteiger partial charge in [0.05, 0.1) is 43.8 Å². The quantitative estimate of drug-likeness (QED) is 0.0174. The Bertz CT molecular complexity index is 2390. The van der Waals surface area contributed by atoms with Crippen LogP contribution in [0.25, 0.3) is 11.0 Å². The molecule has 4 atom stereocenters. The fourth-order valence-corrected chi connectivity index (χ4v) is 13.4. The van der Waals surface area contributed by atoms with E-state index in [-0.39, 0.29) is 13.1 Å². The van der Waals surface area contributed by atoms with Gasteiger partial charge in [0, 0.05) is 43.5 Å². The first-order valence-electron chi connectivity index (χ1n) is 32.8. The Morgan fingerprint density at radius 2 is 1.33 bits per heavy atom. The molecular weight excluding hydrogens is 1100 g/mol. The van der Waals surface area contributed by atoms with Gasteiger partial charge < -0.3 is 4.90 Å². The van der Waals surface area contributed by atoms with Crippen molar-refractivity contribution >= 4 is 50.9 Å². The summed E-state index contributed by atoms with van der Waals surface area (Å²) < 4.78 is 43.0. The topological polar surface area (TPSA) is 77.5 Å². The van der Waals surface area contributed by atoms with E-state index in [1.807, 2.05) is 40.8 Å². The summed E-state index contributed by atoms with van der Waals surface area (Å²) in [5.74, 6) is 1.08. The summed E-state index contributed by atoms with van der Waals surface area (Å²) in [6, 6.07) is 10.6. The van der Waals surface area contributed by atoms with Crippen LogP contribution in [-0.4, -0.2) is 66.3 Å². The molecule has 6 rings (SSSR count). The Morgan fingerprint density at radius 1 is 0.771 bits per heavy atom. The molecule has 0 amide bonds. The largest absolute Gasteiger partial charge is 0.352 e. The lowest BCUT2D eigenvalue weighted by atomic mass is 9.97. The highest BCUT2D eigenvalue weighted by Gasteiger charge is 2.29. The molecular formula is C69H117ClF3N8P2+. The van der Waals surface area contributed by atoms with Crippen molar-refractivity contribution in [2.24, 2.45) is 5.92 Å². The fraction of sp³-hybridized carbons (Fsp3) is 0.681. The van der Waals surface area contributed by atoms with Crippen molar-refractivity contribution in [2.75, 3.05) is 30.2 Å². The predicted octanol–water partition coefficient (Wildman–Crippen LogP) is 22.5. The third-order valence-electron chi connectivity index (χ3n) is 14.7. The number of halogens is 4. The van der Waals surface area contributed by atoms with E-state index in [0.717, 1.165) is 108 Å². The standard InChI is InChI=1S/C28H41ClN5P2.C22H43N3.C12H15F3.C3H6.2C2H6/c1-6-14-33(18-22-9-7-8-10-24(22)20(2)3)26-25-17-30-34(27(25)32-28(29)31-26)23-12-11-21(16-23)13-15-35-19-36(4)5;1-3-5-7-9-11-12-13-15-17-19-22-21-25(24-23-22)20-18-16-14-10-8-6-4-2;1-2-3-4-5-6-10-11(14)7-9(13)8-12(10)15;1-3-2;2*1-2/h7-10,17,20-21,23,35H,4,6,11-16,18-19H2,1-3,5H3;21H,3-20H2,1-2H3;7-8H,2-6H2,1H3;3H,1H2,2H3;2*1-2H3/q+1;;;;;. The minimum atomic E-state index is -0.859. The molecule has 0 radical (unpaired) electrons. The van der Waals surface area contributed by atoms with E-state index in [0.29, 0.717) is 23.7 Å². The Kier molecular flexibility index (Phi) is 46.1. The number of allylic oxidation sites excluding steroid dienone is 1. The van der Waals surface area contributed by atoms with E-state index >= 15 is 0 Å². The van der Waals surface area contributed by atoms with Crippen molar-refractivity contribution in [3.8, 4) is 0 Å². The zero-order chi connectivity index (χ0) is 61.6. The average Bonchev–Trinajstić information content (AvgIpc) is 4.40. The number of aromatic nitrogens is 7. The van der Waals surface area contributed by atoms with Gasteiger partial charge >= 0.3 is 0 Å². The van der Waals surface area contributed by atoms with Gasteiger partial charge in [0.1, 0.15) is 29.2 Å². The Labute approximate surface area is 513 Å². The number of benzene rings is 2. The van der Waals surface area contributed by atoms with Gasteiger partial charge in [0.25, 0.3) is 0 Å². The van der Waals surface area contributed by atoms with Crippen molar-refractivity contribution in [1.82, 2.24) is 34.7 Å². The monoisotopic (exact) mass is 1210 g/mol. The molecule has 3 aromatic heterocycles. The SMILES string of the molecule is C=CC.C=[P+](C)CPCCC1CCC(n2ncc3c(N(CCC)Cc4ccccc4C(C)C)nc(Cl)nc32)C1.CC.CC.CCCCCCCCCCCc1cn(CCCCCCCCC)nn1.CCCCCCc1c(F)cc(F)cc1F. The molecule has 4 unspecified atom stereocenters. The van der Waals surface area contributed by atoms with Crippen LogP contribution in [0.3, 0.4) is 0 Å². The summed E-state index contributed by atoms with van der Waals surface area (Å²) in [5.41, 5.74) is 4.79. The maximum atomic E-state index is 13.1. The second-order valence-corrected chi connectivity index (χ2v) is 26.6. The minimum absolute atomic E-state index is 0.00176. The summed E-state index contributed by atoms with van der Waals surface area (Å²) in [4.78, 5) is 11.8. The average molecular weight is 1210 g/mol. The highest BCUT2D eigenvalue weighted by Crippen LogP contribution is 2.40. The number of rotatable bonds is 35. The minimum Gasteiger partial charge on any atom is -0.352 e. The van der Waals surface area contributed by atoms with E-state index in [1.54, 1.807) is 6.08 Å². The van der Waals surface area contributed by atoms with E-state index in [1.165, 1.54) is 151 Å². The first-order chi connectivity index (χ1) is 40.3. The zero-order valence-corrected chi connectivity index (χ0v) is 57.2. The first-order valence-corrected chi connectivity index (χ1v) is 36.8. The van der Waals surface area contributed by atoms with Gasteiger partial charge in [-0.1, -0.05) is 223 Å². The molecule has 3 heterocycles. The molecule has 1 saturated carbocycles. The molecule has 0 spiro atoms. The molecule has 0 bridgehead atoms. The Balaban J connectivity index is 0.000000635. The van der Waals surface area contributed by atoms with Gasteiger partial charge in [-0.25, -0.2) is 17.9 Å². The molecule has 0 N–H and O–H groups in total. The highest BCUT2D eigenvalue weighted by atomic mass is 35.5. The molecule has 1 fully saturated rings. The van der Waals surface area contributed by atoms with Gasteiger partial charge in [-0.15, -0.1) is 11.7 Å².